The van der Waals surface area contributed by atoms with Gasteiger partial charge in [-0.1, -0.05) is 22.0 Å². The van der Waals surface area contributed by atoms with Crippen LogP contribution >= 0.6 is 31.9 Å². The van der Waals surface area contributed by atoms with Gasteiger partial charge in [-0.05, 0) is 70.0 Å². The quantitative estimate of drug-likeness (QED) is 0.328. The van der Waals surface area contributed by atoms with Gasteiger partial charge in [-0.2, -0.15) is 0 Å². The van der Waals surface area contributed by atoms with Crippen LogP contribution in [0.2, 0.25) is 0 Å². The average Bonchev–Trinajstić information content (AvgIpc) is 3.08. The summed E-state index contributed by atoms with van der Waals surface area (Å²) in [5, 5.41) is 10.3. The second-order valence-electron chi connectivity index (χ2n) is 7.43. The van der Waals surface area contributed by atoms with Gasteiger partial charge in [0.05, 0.1) is 28.6 Å². The van der Waals surface area contributed by atoms with Crippen molar-refractivity contribution in [2.45, 2.75) is 6.04 Å². The third-order valence-electron chi connectivity index (χ3n) is 5.50. The molecule has 0 spiro atoms. The molecule has 5 rings (SSSR count). The first-order valence-corrected chi connectivity index (χ1v) is 11.3. The van der Waals surface area contributed by atoms with Crippen molar-refractivity contribution in [3.63, 3.8) is 0 Å². The summed E-state index contributed by atoms with van der Waals surface area (Å²) in [6, 6.07) is 12.9. The van der Waals surface area contributed by atoms with E-state index in [1.54, 1.807) is 30.3 Å². The third kappa shape index (κ3) is 3.43. The molecule has 1 aliphatic heterocycles. The Kier molecular flexibility index (Phi) is 5.25. The molecule has 1 aliphatic rings. The Morgan fingerprint density at radius 2 is 1.88 bits per heavy atom. The lowest BCUT2D eigenvalue weighted by Crippen LogP contribution is -2.29. The molecule has 4 aromatic rings. The van der Waals surface area contributed by atoms with Crippen molar-refractivity contribution in [1.29, 1.82) is 0 Å². The van der Waals surface area contributed by atoms with Crippen molar-refractivity contribution in [1.82, 2.24) is 0 Å². The smallest absolute Gasteiger partial charge is 0.295 e. The predicted molar refractivity (Wildman–Crippen MR) is 128 cm³/mol. The Labute approximate surface area is 203 Å². The predicted octanol–water partition coefficient (Wildman–Crippen LogP) is 5.92. The number of phenolic OH excluding ortho intramolecular Hbond substituents is 1. The summed E-state index contributed by atoms with van der Waals surface area (Å²) in [7, 11) is 1.40. The number of hydrogen-bond acceptors (Lipinski definition) is 5. The van der Waals surface area contributed by atoms with Gasteiger partial charge in [-0.15, -0.1) is 0 Å². The number of rotatable bonds is 3. The molecular formula is C24H14Br2FNO5. The minimum Gasteiger partial charge on any atom is -0.503 e. The number of anilines is 1. The van der Waals surface area contributed by atoms with Gasteiger partial charge in [0.25, 0.3) is 5.91 Å². The van der Waals surface area contributed by atoms with Crippen molar-refractivity contribution in [2.75, 3.05) is 12.0 Å². The van der Waals surface area contributed by atoms with E-state index in [4.69, 9.17) is 9.15 Å². The molecule has 1 unspecified atom stereocenters. The van der Waals surface area contributed by atoms with Gasteiger partial charge >= 0.3 is 0 Å². The van der Waals surface area contributed by atoms with Crippen molar-refractivity contribution in [3.05, 3.63) is 96.5 Å². The number of fused-ring (bicyclic) bond motifs is 2. The Hall–Kier alpha value is -3.17. The number of benzene rings is 3. The molecule has 2 heterocycles. The number of methoxy groups -OCH3 is 1. The van der Waals surface area contributed by atoms with E-state index < -0.39 is 23.2 Å². The number of phenols is 1. The maximum absolute atomic E-state index is 13.9. The van der Waals surface area contributed by atoms with Gasteiger partial charge in [0.2, 0.25) is 5.76 Å². The molecule has 1 amide bonds. The highest BCUT2D eigenvalue weighted by molar-refractivity contribution is 9.10. The number of hydrogen-bond donors (Lipinski definition) is 1. The van der Waals surface area contributed by atoms with Crippen LogP contribution in [0.4, 0.5) is 10.1 Å². The molecule has 0 saturated heterocycles. The van der Waals surface area contributed by atoms with Crippen molar-refractivity contribution < 1.29 is 23.4 Å². The van der Waals surface area contributed by atoms with E-state index in [1.165, 1.54) is 24.1 Å². The van der Waals surface area contributed by atoms with Crippen LogP contribution in [0.25, 0.3) is 11.0 Å². The summed E-state index contributed by atoms with van der Waals surface area (Å²) >= 11 is 6.72. The first kappa shape index (κ1) is 21.7. The van der Waals surface area contributed by atoms with Gasteiger partial charge < -0.3 is 14.3 Å². The van der Waals surface area contributed by atoms with Gasteiger partial charge in [0, 0.05) is 10.2 Å². The Bertz CT molecular complexity index is 1520. The van der Waals surface area contributed by atoms with Crippen LogP contribution in [0.3, 0.4) is 0 Å². The molecule has 1 aromatic heterocycles. The number of ether oxygens (including phenoxy) is 1. The first-order valence-electron chi connectivity index (χ1n) is 9.72. The van der Waals surface area contributed by atoms with E-state index in [1.807, 2.05) is 6.07 Å². The van der Waals surface area contributed by atoms with Crippen molar-refractivity contribution in [2.24, 2.45) is 0 Å². The van der Waals surface area contributed by atoms with Crippen molar-refractivity contribution >= 4 is 54.4 Å². The van der Waals surface area contributed by atoms with Gasteiger partial charge in [-0.3, -0.25) is 14.5 Å². The largest absolute Gasteiger partial charge is 0.503 e. The van der Waals surface area contributed by atoms with E-state index >= 15 is 0 Å². The minimum absolute atomic E-state index is 0.0347. The average molecular weight is 575 g/mol. The lowest BCUT2D eigenvalue weighted by molar-refractivity contribution is 0.0971. The summed E-state index contributed by atoms with van der Waals surface area (Å²) in [5.41, 5.74) is 0.700. The Morgan fingerprint density at radius 3 is 2.61 bits per heavy atom. The molecule has 0 aliphatic carbocycles. The fourth-order valence-electron chi connectivity index (χ4n) is 4.06. The third-order valence-corrected chi connectivity index (χ3v) is 6.60. The highest BCUT2D eigenvalue weighted by Crippen LogP contribution is 2.45. The molecule has 1 atom stereocenters. The number of nitrogens with zero attached hydrogens (tertiary/aromatic N) is 1. The topological polar surface area (TPSA) is 80.0 Å². The van der Waals surface area contributed by atoms with E-state index in [2.05, 4.69) is 31.9 Å². The highest BCUT2D eigenvalue weighted by Gasteiger charge is 2.44. The van der Waals surface area contributed by atoms with Gasteiger partial charge in [0.1, 0.15) is 11.4 Å². The fourth-order valence-corrected chi connectivity index (χ4v) is 4.91. The zero-order valence-corrected chi connectivity index (χ0v) is 20.1. The second-order valence-corrected chi connectivity index (χ2v) is 9.20. The summed E-state index contributed by atoms with van der Waals surface area (Å²) in [5.74, 6) is -1.18. The molecule has 6 nitrogen and oxygen atoms in total. The van der Waals surface area contributed by atoms with Gasteiger partial charge in [-0.25, -0.2) is 4.39 Å². The van der Waals surface area contributed by atoms with Crippen LogP contribution in [0.1, 0.15) is 27.7 Å². The van der Waals surface area contributed by atoms with Crippen LogP contribution < -0.4 is 15.1 Å². The maximum Gasteiger partial charge on any atom is 0.295 e. The van der Waals surface area contributed by atoms with Crippen LogP contribution in [0.15, 0.2) is 72.8 Å². The van der Waals surface area contributed by atoms with Crippen molar-refractivity contribution in [3.8, 4) is 11.5 Å². The van der Waals surface area contributed by atoms with E-state index in [-0.39, 0.29) is 33.8 Å². The lowest BCUT2D eigenvalue weighted by atomic mass is 9.97. The highest BCUT2D eigenvalue weighted by atomic mass is 79.9. The molecule has 3 aromatic carbocycles. The van der Waals surface area contributed by atoms with E-state index in [0.717, 1.165) is 10.5 Å². The fraction of sp³-hybridized carbons (Fsp3) is 0.0833. The van der Waals surface area contributed by atoms with Gasteiger partial charge in [0.15, 0.2) is 16.9 Å². The molecule has 166 valence electrons. The van der Waals surface area contributed by atoms with Crippen LogP contribution in [0, 0.1) is 5.82 Å². The Morgan fingerprint density at radius 1 is 1.09 bits per heavy atom. The molecule has 1 N–H and O–H groups in total. The second kappa shape index (κ2) is 8.00. The number of halogens is 3. The zero-order chi connectivity index (χ0) is 23.4. The van der Waals surface area contributed by atoms with E-state index in [0.29, 0.717) is 15.7 Å². The molecule has 33 heavy (non-hydrogen) atoms. The normalized spacial score (nSPS) is 15.2. The minimum atomic E-state index is -0.906. The molecule has 0 radical (unpaired) electrons. The number of aromatic hydroxyl groups is 1. The summed E-state index contributed by atoms with van der Waals surface area (Å²) in [6.07, 6.45) is 0. The SMILES string of the molecule is COc1cc(C2c3c(oc4ccc(F)cc4c3=O)C(=O)N2c2cccc(Br)c2)cc(Br)c1O. The zero-order valence-electron chi connectivity index (χ0n) is 16.9. The molecular weight excluding hydrogens is 561 g/mol. The summed E-state index contributed by atoms with van der Waals surface area (Å²) < 4.78 is 26.1. The molecule has 9 heteroatoms. The van der Waals surface area contributed by atoms with Crippen LogP contribution in [-0.4, -0.2) is 18.1 Å². The van der Waals surface area contributed by atoms with Crippen LogP contribution in [-0.2, 0) is 0 Å². The summed E-state index contributed by atoms with van der Waals surface area (Å²) in [4.78, 5) is 28.6. The molecule has 0 bridgehead atoms. The lowest BCUT2D eigenvalue weighted by Gasteiger charge is -2.26. The molecule has 0 fully saturated rings. The monoisotopic (exact) mass is 573 g/mol. The summed E-state index contributed by atoms with van der Waals surface area (Å²) in [6.45, 7) is 0. The number of carbonyl (C=O) groups excluding carboxylic acids is 1. The number of amides is 1. The number of carbonyl (C=O) groups is 1. The Balaban J connectivity index is 1.85. The standard InChI is InChI=1S/C24H14Br2FNO5/c1-32-18-8-11(7-16(26)22(18)30)20-19-21(29)15-10-13(27)5-6-17(15)33-23(19)24(31)28(20)14-4-2-3-12(25)9-14/h2-10,20,30H,1H3. The van der Waals surface area contributed by atoms with E-state index in [9.17, 15) is 19.1 Å². The van der Waals surface area contributed by atoms with Crippen LogP contribution in [0.5, 0.6) is 11.5 Å². The molecule has 0 saturated carbocycles. The maximum atomic E-state index is 13.9. The first-order chi connectivity index (χ1) is 15.8.